The summed E-state index contributed by atoms with van der Waals surface area (Å²) in [6, 6.07) is 0. The van der Waals surface area contributed by atoms with Crippen LogP contribution in [0.3, 0.4) is 0 Å². The predicted octanol–water partition coefficient (Wildman–Crippen LogP) is -2.02. The molecule has 0 aromatic carbocycles. The van der Waals surface area contributed by atoms with E-state index in [-0.39, 0.29) is 58.0 Å². The fourth-order valence-electron chi connectivity index (χ4n) is 0.681. The van der Waals surface area contributed by atoms with Crippen molar-refractivity contribution in [1.29, 1.82) is 0 Å². The molecule has 0 aliphatic rings. The summed E-state index contributed by atoms with van der Waals surface area (Å²) in [5.41, 5.74) is 0. The third kappa shape index (κ3) is 16.2. The van der Waals surface area contributed by atoms with Crippen molar-refractivity contribution in [3.05, 3.63) is 0 Å². The van der Waals surface area contributed by atoms with Crippen LogP contribution in [0.15, 0.2) is 0 Å². The average Bonchev–Trinajstić information content (AvgIpc) is 1.94. The molecular weight excluding hydrogens is 223 g/mol. The summed E-state index contributed by atoms with van der Waals surface area (Å²) in [5, 5.41) is 0. The number of hydrogen-bond acceptors (Lipinski definition) is 5. The summed E-state index contributed by atoms with van der Waals surface area (Å²) in [4.78, 5) is 4.14. The quantitative estimate of drug-likeness (QED) is 0.127. The van der Waals surface area contributed by atoms with E-state index in [1.807, 2.05) is 0 Å². The van der Waals surface area contributed by atoms with Gasteiger partial charge in [0.2, 0.25) is 10.4 Å². The number of hydrogen-bond donors (Lipinski definition) is 0. The summed E-state index contributed by atoms with van der Waals surface area (Å²) < 4.78 is 33.0. The Hall–Kier alpha value is 1.47. The zero-order chi connectivity index (χ0) is 9.45. The normalized spacial score (nSPS) is 10.9. The molecule has 0 saturated heterocycles. The molecule has 0 spiro atoms. The smallest absolute Gasteiger partial charge is 0.724 e. The van der Waals surface area contributed by atoms with Gasteiger partial charge in [0.25, 0.3) is 0 Å². The molecule has 0 fully saturated rings. The molecule has 5 nitrogen and oxygen atoms in total. The van der Waals surface area contributed by atoms with Crippen LogP contribution in [0.2, 0.25) is 0 Å². The van der Waals surface area contributed by atoms with Crippen molar-refractivity contribution in [3.8, 4) is 0 Å². The fraction of sp³-hybridized carbons (Fsp3) is 1.00. The first kappa shape index (κ1) is 16.9. The van der Waals surface area contributed by atoms with Crippen molar-refractivity contribution < 1.29 is 73.6 Å². The maximum Gasteiger partial charge on any atom is 1.00 e. The van der Waals surface area contributed by atoms with Crippen molar-refractivity contribution in [2.75, 3.05) is 6.61 Å². The number of rotatable bonds is 7. The van der Waals surface area contributed by atoms with Crippen LogP contribution in [0.4, 0.5) is 0 Å². The summed E-state index contributed by atoms with van der Waals surface area (Å²) in [6.07, 6.45) is 3.79. The molecule has 74 valence electrons. The molecule has 0 aromatic rings. The molecule has 0 radical (unpaired) electrons. The van der Waals surface area contributed by atoms with Gasteiger partial charge in [0.05, 0.1) is 6.61 Å². The van der Waals surface area contributed by atoms with Crippen LogP contribution in [0.5, 0.6) is 0 Å². The molecule has 0 heterocycles. The summed E-state index contributed by atoms with van der Waals surface area (Å²) in [5.74, 6) is 0. The molecule has 0 bridgehead atoms. The molecule has 7 heteroatoms. The van der Waals surface area contributed by atoms with Crippen LogP contribution < -0.4 is 51.4 Å². The first-order chi connectivity index (χ1) is 5.56. The number of unbranched alkanes of at least 4 members (excludes halogenated alkanes) is 3. The largest absolute Gasteiger partial charge is 1.00 e. The van der Waals surface area contributed by atoms with Gasteiger partial charge >= 0.3 is 51.4 Å². The molecule has 0 rings (SSSR count). The van der Waals surface area contributed by atoms with Crippen LogP contribution in [0, 0.1) is 0 Å². The third-order valence-electron chi connectivity index (χ3n) is 1.21. The Balaban J connectivity index is 0. The van der Waals surface area contributed by atoms with Crippen molar-refractivity contribution in [2.45, 2.75) is 32.6 Å². The Kier molecular flexibility index (Phi) is 13.0. The fourth-order valence-corrected chi connectivity index (χ4v) is 0.867. The van der Waals surface area contributed by atoms with Gasteiger partial charge in [0.15, 0.2) is 0 Å². The van der Waals surface area contributed by atoms with Crippen molar-refractivity contribution in [1.82, 2.24) is 0 Å². The molecule has 0 atom stereocenters. The molecule has 0 aromatic heterocycles. The molecule has 0 aliphatic carbocycles. The molecule has 0 saturated carbocycles. The molecule has 0 aliphatic heterocycles. The van der Waals surface area contributed by atoms with Crippen molar-refractivity contribution in [2.24, 2.45) is 0 Å². The maximum atomic E-state index is 9.82. The summed E-state index contributed by atoms with van der Waals surface area (Å²) >= 11 is 0. The van der Waals surface area contributed by atoms with Crippen LogP contribution in [0.25, 0.3) is 0 Å². The van der Waals surface area contributed by atoms with E-state index < -0.39 is 10.4 Å². The Morgan fingerprint density at radius 1 is 1.23 bits per heavy atom. The van der Waals surface area contributed by atoms with E-state index in [2.05, 4.69) is 16.1 Å². The minimum atomic E-state index is -4.69. The van der Waals surface area contributed by atoms with Crippen LogP contribution in [0.1, 0.15) is 32.6 Å². The standard InChI is InChI=1S/C6H14O5S.K/c1-2-3-4-5-6-10-11-12(7,8)9;/h2-6H2,1H3,(H,7,8,9);/q;+1/p-1. The van der Waals surface area contributed by atoms with Crippen LogP contribution in [-0.4, -0.2) is 19.6 Å². The Morgan fingerprint density at radius 2 is 1.85 bits per heavy atom. The zero-order valence-electron chi connectivity index (χ0n) is 7.99. The van der Waals surface area contributed by atoms with Gasteiger partial charge in [-0.2, -0.15) is 0 Å². The predicted molar refractivity (Wildman–Crippen MR) is 40.9 cm³/mol. The van der Waals surface area contributed by atoms with Crippen LogP contribution >= 0.6 is 0 Å². The minimum Gasteiger partial charge on any atom is -0.724 e. The average molecular weight is 236 g/mol. The second kappa shape index (κ2) is 10.0. The Bertz CT molecular complexity index is 191. The van der Waals surface area contributed by atoms with Crippen LogP contribution in [-0.2, 0) is 19.6 Å². The van der Waals surface area contributed by atoms with Gasteiger partial charge in [-0.05, 0) is 6.42 Å². The van der Waals surface area contributed by atoms with E-state index in [1.165, 1.54) is 0 Å². The molecule has 0 amide bonds. The van der Waals surface area contributed by atoms with Gasteiger partial charge in [-0.25, -0.2) is 13.3 Å². The van der Waals surface area contributed by atoms with Crippen molar-refractivity contribution >= 4 is 10.4 Å². The van der Waals surface area contributed by atoms with Crippen molar-refractivity contribution in [3.63, 3.8) is 0 Å². The van der Waals surface area contributed by atoms with Gasteiger partial charge in [-0.1, -0.05) is 26.2 Å². The Morgan fingerprint density at radius 3 is 2.31 bits per heavy atom. The second-order valence-electron chi connectivity index (χ2n) is 2.36. The first-order valence-electron chi connectivity index (χ1n) is 3.83. The third-order valence-corrected chi connectivity index (χ3v) is 1.48. The van der Waals surface area contributed by atoms with Gasteiger partial charge in [-0.15, -0.1) is 4.33 Å². The summed E-state index contributed by atoms with van der Waals surface area (Å²) in [7, 11) is -4.69. The van der Waals surface area contributed by atoms with E-state index in [0.29, 0.717) is 6.42 Å². The van der Waals surface area contributed by atoms with Gasteiger partial charge in [0, 0.05) is 0 Å². The topological polar surface area (TPSA) is 75.7 Å². The zero-order valence-corrected chi connectivity index (χ0v) is 11.9. The Labute approximate surface area is 121 Å². The SMILES string of the molecule is CCCCCCOOS(=O)(=O)[O-].[K+]. The summed E-state index contributed by atoms with van der Waals surface area (Å²) in [6.45, 7) is 2.20. The van der Waals surface area contributed by atoms with E-state index in [0.717, 1.165) is 19.3 Å². The molecule has 0 unspecified atom stereocenters. The van der Waals surface area contributed by atoms with E-state index >= 15 is 0 Å². The van der Waals surface area contributed by atoms with Gasteiger partial charge < -0.3 is 4.55 Å². The molecular formula is C6H13KO5S. The first-order valence-corrected chi connectivity index (χ1v) is 5.16. The second-order valence-corrected chi connectivity index (χ2v) is 3.31. The molecule has 0 N–H and O–H groups in total. The monoisotopic (exact) mass is 236 g/mol. The maximum absolute atomic E-state index is 9.82. The molecule has 13 heavy (non-hydrogen) atoms. The van der Waals surface area contributed by atoms with E-state index in [1.54, 1.807) is 0 Å². The van der Waals surface area contributed by atoms with Gasteiger partial charge in [-0.3, -0.25) is 0 Å². The van der Waals surface area contributed by atoms with E-state index in [4.69, 9.17) is 0 Å². The van der Waals surface area contributed by atoms with Gasteiger partial charge in [0.1, 0.15) is 0 Å². The minimum absolute atomic E-state index is 0. The van der Waals surface area contributed by atoms with E-state index in [9.17, 15) is 13.0 Å².